The molecule has 7 heteroatoms. The van der Waals surface area contributed by atoms with Crippen LogP contribution in [-0.4, -0.2) is 71.2 Å². The Kier molecular flexibility index (Phi) is 6.43. The minimum Gasteiger partial charge on any atom is -0.381 e. The Hall–Kier alpha value is -0.210. The highest BCUT2D eigenvalue weighted by Crippen LogP contribution is 2.14. The molecule has 124 valence electrons. The molecule has 0 amide bonds. The van der Waals surface area contributed by atoms with E-state index in [4.69, 9.17) is 9.47 Å². The van der Waals surface area contributed by atoms with Gasteiger partial charge >= 0.3 is 0 Å². The van der Waals surface area contributed by atoms with E-state index in [0.717, 1.165) is 26.1 Å². The van der Waals surface area contributed by atoms with Crippen molar-refractivity contribution in [2.45, 2.75) is 26.4 Å². The van der Waals surface area contributed by atoms with Crippen LogP contribution in [0.2, 0.25) is 0 Å². The summed E-state index contributed by atoms with van der Waals surface area (Å²) in [6, 6.07) is 0. The minimum atomic E-state index is -3.23. The maximum atomic E-state index is 12.1. The van der Waals surface area contributed by atoms with Crippen molar-refractivity contribution in [3.05, 3.63) is 0 Å². The van der Waals surface area contributed by atoms with Crippen LogP contribution < -0.4 is 4.72 Å². The maximum Gasteiger partial charge on any atom is 0.212 e. The molecule has 0 radical (unpaired) electrons. The molecule has 2 aliphatic rings. The summed E-state index contributed by atoms with van der Waals surface area (Å²) < 4.78 is 37.7. The van der Waals surface area contributed by atoms with Crippen molar-refractivity contribution in [2.24, 2.45) is 11.8 Å². The third-order valence-corrected chi connectivity index (χ3v) is 5.37. The average Bonchev–Trinajstić information content (AvgIpc) is 2.88. The first-order valence-corrected chi connectivity index (χ1v) is 9.49. The van der Waals surface area contributed by atoms with Gasteiger partial charge in [-0.3, -0.25) is 4.90 Å². The van der Waals surface area contributed by atoms with Crippen LogP contribution in [0.5, 0.6) is 0 Å². The predicted molar refractivity (Wildman–Crippen MR) is 81.7 cm³/mol. The Bertz CT molecular complexity index is 407. The van der Waals surface area contributed by atoms with Gasteiger partial charge in [-0.25, -0.2) is 13.1 Å². The average molecular weight is 320 g/mol. The summed E-state index contributed by atoms with van der Waals surface area (Å²) >= 11 is 0. The second-order valence-corrected chi connectivity index (χ2v) is 8.36. The summed E-state index contributed by atoms with van der Waals surface area (Å²) in [6.45, 7) is 9.42. The Morgan fingerprint density at radius 2 is 2.14 bits per heavy atom. The van der Waals surface area contributed by atoms with Gasteiger partial charge in [-0.15, -0.1) is 0 Å². The highest BCUT2D eigenvalue weighted by Gasteiger charge is 2.26. The van der Waals surface area contributed by atoms with Crippen molar-refractivity contribution in [3.8, 4) is 0 Å². The number of hydrogen-bond acceptors (Lipinski definition) is 5. The highest BCUT2D eigenvalue weighted by molar-refractivity contribution is 7.89. The molecule has 2 aliphatic heterocycles. The molecule has 21 heavy (non-hydrogen) atoms. The lowest BCUT2D eigenvalue weighted by molar-refractivity contribution is -0.0280. The molecule has 0 bridgehead atoms. The molecule has 1 N–H and O–H groups in total. The van der Waals surface area contributed by atoms with E-state index < -0.39 is 10.0 Å². The second kappa shape index (κ2) is 7.87. The van der Waals surface area contributed by atoms with Crippen molar-refractivity contribution in [3.63, 3.8) is 0 Å². The molecule has 0 spiro atoms. The third kappa shape index (κ3) is 6.20. The van der Waals surface area contributed by atoms with Crippen LogP contribution in [0.15, 0.2) is 0 Å². The SMILES string of the molecule is CC(C)CN1CCO[C@H](CNS(=O)(=O)C[C@H]2CCOC2)C1. The zero-order chi connectivity index (χ0) is 15.3. The molecule has 0 aromatic rings. The first-order valence-electron chi connectivity index (χ1n) is 7.83. The summed E-state index contributed by atoms with van der Waals surface area (Å²) in [6.07, 6.45) is 0.787. The summed E-state index contributed by atoms with van der Waals surface area (Å²) in [7, 11) is -3.23. The Labute approximate surface area is 128 Å². The summed E-state index contributed by atoms with van der Waals surface area (Å²) in [5, 5.41) is 0. The zero-order valence-electron chi connectivity index (χ0n) is 13.1. The van der Waals surface area contributed by atoms with Crippen molar-refractivity contribution in [1.29, 1.82) is 0 Å². The molecule has 2 rings (SSSR count). The van der Waals surface area contributed by atoms with E-state index in [9.17, 15) is 8.42 Å². The lowest BCUT2D eigenvalue weighted by Crippen LogP contribution is -2.48. The van der Waals surface area contributed by atoms with Gasteiger partial charge < -0.3 is 9.47 Å². The first kappa shape index (κ1) is 17.1. The van der Waals surface area contributed by atoms with Crippen molar-refractivity contribution in [1.82, 2.24) is 9.62 Å². The van der Waals surface area contributed by atoms with Crippen LogP contribution in [0.3, 0.4) is 0 Å². The topological polar surface area (TPSA) is 67.9 Å². The number of nitrogens with one attached hydrogen (secondary N) is 1. The Balaban J connectivity index is 1.73. The van der Waals surface area contributed by atoms with Crippen LogP contribution in [0.1, 0.15) is 20.3 Å². The van der Waals surface area contributed by atoms with Gasteiger partial charge in [0.05, 0.1) is 25.1 Å². The van der Waals surface area contributed by atoms with E-state index in [2.05, 4.69) is 23.5 Å². The van der Waals surface area contributed by atoms with Gasteiger partial charge in [0.25, 0.3) is 0 Å². The fourth-order valence-electron chi connectivity index (χ4n) is 2.89. The second-order valence-electron chi connectivity index (χ2n) is 6.51. The summed E-state index contributed by atoms with van der Waals surface area (Å²) in [4.78, 5) is 2.35. The molecule has 0 unspecified atom stereocenters. The number of nitrogens with zero attached hydrogens (tertiary/aromatic N) is 1. The third-order valence-electron chi connectivity index (χ3n) is 3.86. The molecule has 0 aromatic carbocycles. The van der Waals surface area contributed by atoms with Gasteiger partial charge in [0.1, 0.15) is 0 Å². The van der Waals surface area contributed by atoms with Crippen LogP contribution in [0.4, 0.5) is 0 Å². The fourth-order valence-corrected chi connectivity index (χ4v) is 4.33. The number of rotatable bonds is 7. The molecule has 2 fully saturated rings. The van der Waals surface area contributed by atoms with E-state index in [-0.39, 0.29) is 17.8 Å². The fraction of sp³-hybridized carbons (Fsp3) is 1.00. The maximum absolute atomic E-state index is 12.1. The molecule has 2 saturated heterocycles. The lowest BCUT2D eigenvalue weighted by Gasteiger charge is -2.34. The summed E-state index contributed by atoms with van der Waals surface area (Å²) in [5.41, 5.74) is 0. The lowest BCUT2D eigenvalue weighted by atomic mass is 10.2. The smallest absolute Gasteiger partial charge is 0.212 e. The molecule has 2 atom stereocenters. The van der Waals surface area contributed by atoms with Gasteiger partial charge in [-0.1, -0.05) is 13.8 Å². The summed E-state index contributed by atoms with van der Waals surface area (Å²) in [5.74, 6) is 0.908. The highest BCUT2D eigenvalue weighted by atomic mass is 32.2. The standard InChI is InChI=1S/C14H28N2O4S/c1-12(2)8-16-4-6-20-14(9-16)7-15-21(17,18)11-13-3-5-19-10-13/h12-15H,3-11H2,1-2H3/t13-,14+/m0/s1. The molecular weight excluding hydrogens is 292 g/mol. The van der Waals surface area contributed by atoms with E-state index in [1.165, 1.54) is 0 Å². The number of morpholine rings is 1. The largest absolute Gasteiger partial charge is 0.381 e. The van der Waals surface area contributed by atoms with Gasteiger partial charge in [0.15, 0.2) is 0 Å². The van der Waals surface area contributed by atoms with E-state index in [1.807, 2.05) is 0 Å². The quantitative estimate of drug-likeness (QED) is 0.731. The number of sulfonamides is 1. The van der Waals surface area contributed by atoms with Crippen molar-refractivity contribution >= 4 is 10.0 Å². The van der Waals surface area contributed by atoms with Gasteiger partial charge in [0, 0.05) is 32.8 Å². The monoisotopic (exact) mass is 320 g/mol. The normalized spacial score (nSPS) is 28.3. The predicted octanol–water partition coefficient (Wildman–Crippen LogP) is 0.299. The number of ether oxygens (including phenoxy) is 2. The van der Waals surface area contributed by atoms with Crippen molar-refractivity contribution in [2.75, 3.05) is 51.8 Å². The van der Waals surface area contributed by atoms with Gasteiger partial charge in [0.2, 0.25) is 10.0 Å². The van der Waals surface area contributed by atoms with E-state index in [0.29, 0.717) is 32.3 Å². The molecule has 0 saturated carbocycles. The molecule has 6 nitrogen and oxygen atoms in total. The Morgan fingerprint density at radius 3 is 2.81 bits per heavy atom. The van der Waals surface area contributed by atoms with E-state index in [1.54, 1.807) is 0 Å². The first-order chi connectivity index (χ1) is 9.94. The van der Waals surface area contributed by atoms with Crippen LogP contribution in [-0.2, 0) is 19.5 Å². The molecular formula is C14H28N2O4S. The minimum absolute atomic E-state index is 0.0490. The van der Waals surface area contributed by atoms with Gasteiger partial charge in [-0.05, 0) is 18.3 Å². The van der Waals surface area contributed by atoms with Crippen LogP contribution >= 0.6 is 0 Å². The zero-order valence-corrected chi connectivity index (χ0v) is 13.9. The number of hydrogen-bond donors (Lipinski definition) is 1. The van der Waals surface area contributed by atoms with Gasteiger partial charge in [-0.2, -0.15) is 0 Å². The van der Waals surface area contributed by atoms with Crippen LogP contribution in [0, 0.1) is 11.8 Å². The molecule has 0 aliphatic carbocycles. The van der Waals surface area contributed by atoms with E-state index >= 15 is 0 Å². The Morgan fingerprint density at radius 1 is 1.33 bits per heavy atom. The molecule has 2 heterocycles. The molecule has 0 aromatic heterocycles. The van der Waals surface area contributed by atoms with Crippen molar-refractivity contribution < 1.29 is 17.9 Å². The van der Waals surface area contributed by atoms with Crippen LogP contribution in [0.25, 0.3) is 0 Å².